The molecule has 3 aromatic heterocycles. The fraction of sp³-hybridized carbons (Fsp3) is 0.0870. The number of methoxy groups -OCH3 is 1. The van der Waals surface area contributed by atoms with E-state index in [-0.39, 0.29) is 11.4 Å². The van der Waals surface area contributed by atoms with E-state index in [2.05, 4.69) is 19.9 Å². The summed E-state index contributed by atoms with van der Waals surface area (Å²) >= 11 is 2.89. The third-order valence-electron chi connectivity index (χ3n) is 5.01. The zero-order valence-electron chi connectivity index (χ0n) is 17.2. The number of nitrogens with one attached hydrogen (secondary N) is 1. The maximum absolute atomic E-state index is 13.4. The van der Waals surface area contributed by atoms with Crippen molar-refractivity contribution in [1.82, 2.24) is 19.9 Å². The molecule has 33 heavy (non-hydrogen) atoms. The van der Waals surface area contributed by atoms with Crippen LogP contribution in [0.25, 0.3) is 32.2 Å². The molecule has 10 heteroatoms. The van der Waals surface area contributed by atoms with Gasteiger partial charge in [-0.15, -0.1) is 11.3 Å². The number of esters is 1. The van der Waals surface area contributed by atoms with E-state index in [1.165, 1.54) is 54.7 Å². The number of aromatic nitrogens is 4. The van der Waals surface area contributed by atoms with Crippen LogP contribution in [0.15, 0.2) is 64.0 Å². The molecule has 5 aromatic rings. The minimum absolute atomic E-state index is 0.289. The molecular weight excluding hydrogens is 463 g/mol. The first-order valence-electron chi connectivity index (χ1n) is 9.75. The first-order valence-corrected chi connectivity index (χ1v) is 11.6. The number of thiophene rings is 1. The third kappa shape index (κ3) is 4.10. The van der Waals surface area contributed by atoms with Crippen LogP contribution in [0.3, 0.4) is 0 Å². The molecule has 3 heterocycles. The van der Waals surface area contributed by atoms with Crippen molar-refractivity contribution in [2.75, 3.05) is 7.11 Å². The van der Waals surface area contributed by atoms with Crippen molar-refractivity contribution in [3.8, 4) is 11.1 Å². The van der Waals surface area contributed by atoms with E-state index in [1.54, 1.807) is 24.3 Å². The van der Waals surface area contributed by atoms with Gasteiger partial charge in [0, 0.05) is 10.9 Å². The van der Waals surface area contributed by atoms with Crippen LogP contribution in [0.5, 0.6) is 0 Å². The summed E-state index contributed by atoms with van der Waals surface area (Å²) in [6.45, 7) is 0. The van der Waals surface area contributed by atoms with E-state index >= 15 is 0 Å². The lowest BCUT2D eigenvalue weighted by Gasteiger charge is -2.07. The Bertz CT molecular complexity index is 1560. The summed E-state index contributed by atoms with van der Waals surface area (Å²) in [6, 6.07) is 10.9. The number of benzene rings is 2. The number of halogens is 1. The molecule has 1 N–H and O–H groups in total. The number of hydrogen-bond donors (Lipinski definition) is 1. The molecule has 0 aliphatic rings. The Labute approximate surface area is 194 Å². The number of hydrogen-bond acceptors (Lipinski definition) is 8. The number of H-pyrrole nitrogens is 1. The lowest BCUT2D eigenvalue weighted by molar-refractivity contribution is 0.0601. The Morgan fingerprint density at radius 1 is 1.18 bits per heavy atom. The summed E-state index contributed by atoms with van der Waals surface area (Å²) < 4.78 is 18.1. The van der Waals surface area contributed by atoms with Gasteiger partial charge < -0.3 is 9.72 Å². The van der Waals surface area contributed by atoms with E-state index in [9.17, 15) is 14.0 Å². The number of aromatic amines is 1. The molecule has 0 spiro atoms. The molecule has 0 atom stereocenters. The summed E-state index contributed by atoms with van der Waals surface area (Å²) in [5.41, 5.74) is 2.23. The molecule has 0 aliphatic heterocycles. The largest absolute Gasteiger partial charge is 0.465 e. The first-order chi connectivity index (χ1) is 16.0. The van der Waals surface area contributed by atoms with Crippen LogP contribution in [0.4, 0.5) is 4.39 Å². The molecule has 0 fully saturated rings. The number of fused-ring (bicyclic) bond motifs is 2. The highest BCUT2D eigenvalue weighted by Gasteiger charge is 2.15. The van der Waals surface area contributed by atoms with Gasteiger partial charge in [0.1, 0.15) is 27.8 Å². The topological polar surface area (TPSA) is 97.8 Å². The van der Waals surface area contributed by atoms with Crippen molar-refractivity contribution in [2.45, 2.75) is 10.8 Å². The first kappa shape index (κ1) is 21.2. The number of thioether (sulfide) groups is 1. The Balaban J connectivity index is 1.49. The number of carbonyl (C=O) groups excluding carboxylic acids is 1. The van der Waals surface area contributed by atoms with Crippen molar-refractivity contribution in [3.05, 3.63) is 81.7 Å². The Hall–Kier alpha value is -3.63. The van der Waals surface area contributed by atoms with Crippen molar-refractivity contribution in [2.24, 2.45) is 0 Å². The van der Waals surface area contributed by atoms with E-state index in [0.29, 0.717) is 28.0 Å². The van der Waals surface area contributed by atoms with Crippen molar-refractivity contribution >= 4 is 50.2 Å². The van der Waals surface area contributed by atoms with Crippen LogP contribution in [0, 0.1) is 5.82 Å². The minimum Gasteiger partial charge on any atom is -0.465 e. The predicted octanol–water partition coefficient (Wildman–Crippen LogP) is 4.81. The Morgan fingerprint density at radius 2 is 2.00 bits per heavy atom. The van der Waals surface area contributed by atoms with Gasteiger partial charge in [-0.2, -0.15) is 0 Å². The van der Waals surface area contributed by atoms with Gasteiger partial charge in [0.15, 0.2) is 0 Å². The molecule has 0 bridgehead atoms. The molecular formula is C23H15FN4O3S2. The Morgan fingerprint density at radius 3 is 2.79 bits per heavy atom. The molecule has 0 saturated carbocycles. The maximum atomic E-state index is 13.4. The van der Waals surface area contributed by atoms with E-state index in [1.807, 2.05) is 5.38 Å². The molecule has 0 saturated heterocycles. The number of carbonyl (C=O) groups is 1. The van der Waals surface area contributed by atoms with Gasteiger partial charge >= 0.3 is 5.97 Å². The summed E-state index contributed by atoms with van der Waals surface area (Å²) in [5, 5.41) is 3.96. The summed E-state index contributed by atoms with van der Waals surface area (Å²) in [6.07, 6.45) is 1.49. The Kier molecular flexibility index (Phi) is 5.61. The maximum Gasteiger partial charge on any atom is 0.337 e. The van der Waals surface area contributed by atoms with E-state index in [4.69, 9.17) is 4.74 Å². The molecule has 164 valence electrons. The molecule has 0 radical (unpaired) electrons. The number of ether oxygens (including phenoxy) is 1. The van der Waals surface area contributed by atoms with Crippen molar-refractivity contribution in [1.29, 1.82) is 0 Å². The fourth-order valence-electron chi connectivity index (χ4n) is 3.44. The molecule has 7 nitrogen and oxygen atoms in total. The van der Waals surface area contributed by atoms with Gasteiger partial charge in [0.2, 0.25) is 0 Å². The minimum atomic E-state index is -0.496. The average Bonchev–Trinajstić information content (AvgIpc) is 3.27. The number of rotatable bonds is 5. The quantitative estimate of drug-likeness (QED) is 0.220. The monoisotopic (exact) mass is 478 g/mol. The molecule has 0 aliphatic carbocycles. The highest BCUT2D eigenvalue weighted by molar-refractivity contribution is 7.98. The van der Waals surface area contributed by atoms with Crippen LogP contribution in [-0.2, 0) is 10.5 Å². The third-order valence-corrected chi connectivity index (χ3v) is 6.90. The van der Waals surface area contributed by atoms with E-state index in [0.717, 1.165) is 26.4 Å². The van der Waals surface area contributed by atoms with Crippen LogP contribution in [0.2, 0.25) is 0 Å². The standard InChI is InChI=1S/C23H15FN4O3S2/c1-31-23(30)13-4-7-15-17(8-13)27-18(28-20(15)29)10-33-22-19-16(9-32-21(19)25-11-26-22)12-2-5-14(24)6-3-12/h2-9,11H,10H2,1H3,(H,27,28,29). The van der Waals surface area contributed by atoms with Crippen molar-refractivity contribution in [3.63, 3.8) is 0 Å². The SMILES string of the molecule is COC(=O)c1ccc2c(=O)[nH]c(CSc3ncnc4scc(-c5ccc(F)cc5)c34)nc2c1. The van der Waals surface area contributed by atoms with Crippen molar-refractivity contribution < 1.29 is 13.9 Å². The smallest absolute Gasteiger partial charge is 0.337 e. The van der Waals surface area contributed by atoms with Crippen LogP contribution in [-0.4, -0.2) is 33.0 Å². The lowest BCUT2D eigenvalue weighted by Crippen LogP contribution is -2.12. The second-order valence-electron chi connectivity index (χ2n) is 7.04. The van der Waals surface area contributed by atoms with Gasteiger partial charge in [-0.1, -0.05) is 23.9 Å². The van der Waals surface area contributed by atoms with Gasteiger partial charge in [-0.3, -0.25) is 4.79 Å². The predicted molar refractivity (Wildman–Crippen MR) is 126 cm³/mol. The summed E-state index contributed by atoms with van der Waals surface area (Å²) in [4.78, 5) is 41.3. The van der Waals surface area contributed by atoms with E-state index < -0.39 is 5.97 Å². The van der Waals surface area contributed by atoms with Gasteiger partial charge in [0.05, 0.1) is 34.7 Å². The second kappa shape index (κ2) is 8.72. The fourth-order valence-corrected chi connectivity index (χ4v) is 5.30. The van der Waals surface area contributed by atoms with Crippen LogP contribution >= 0.6 is 23.1 Å². The highest BCUT2D eigenvalue weighted by Crippen LogP contribution is 2.38. The normalized spacial score (nSPS) is 11.2. The second-order valence-corrected chi connectivity index (χ2v) is 8.86. The van der Waals surface area contributed by atoms with Crippen LogP contribution < -0.4 is 5.56 Å². The molecule has 2 aromatic carbocycles. The van der Waals surface area contributed by atoms with Gasteiger partial charge in [-0.25, -0.2) is 24.1 Å². The molecule has 0 unspecified atom stereocenters. The zero-order valence-corrected chi connectivity index (χ0v) is 18.8. The highest BCUT2D eigenvalue weighted by atomic mass is 32.2. The summed E-state index contributed by atoms with van der Waals surface area (Å²) in [5.74, 6) is -0.00179. The summed E-state index contributed by atoms with van der Waals surface area (Å²) in [7, 11) is 1.30. The number of nitrogens with zero attached hydrogens (tertiary/aromatic N) is 3. The van der Waals surface area contributed by atoms with Crippen LogP contribution in [0.1, 0.15) is 16.2 Å². The average molecular weight is 479 g/mol. The molecule has 0 amide bonds. The zero-order chi connectivity index (χ0) is 22.9. The molecule has 5 rings (SSSR count). The lowest BCUT2D eigenvalue weighted by atomic mass is 10.1. The van der Waals surface area contributed by atoms with Gasteiger partial charge in [0.25, 0.3) is 5.56 Å². The van der Waals surface area contributed by atoms with Gasteiger partial charge in [-0.05, 0) is 35.9 Å².